The van der Waals surface area contributed by atoms with E-state index in [1.165, 1.54) is 6.34 Å². The second-order valence-corrected chi connectivity index (χ2v) is 2.35. The highest BCUT2D eigenvalue weighted by Gasteiger charge is 2.34. The molecule has 1 unspecified atom stereocenters. The van der Waals surface area contributed by atoms with Gasteiger partial charge < -0.3 is 5.11 Å². The molecule has 1 heterocycles. The van der Waals surface area contributed by atoms with Gasteiger partial charge in [-0.15, -0.1) is 0 Å². The van der Waals surface area contributed by atoms with Crippen LogP contribution in [-0.2, 0) is 9.63 Å². The van der Waals surface area contributed by atoms with E-state index in [2.05, 4.69) is 10.5 Å². The molecule has 62 valence electrons. The van der Waals surface area contributed by atoms with Crippen LogP contribution in [0.2, 0.25) is 0 Å². The van der Waals surface area contributed by atoms with Crippen molar-refractivity contribution in [2.75, 3.05) is 0 Å². The van der Waals surface area contributed by atoms with Crippen LogP contribution in [0.25, 0.3) is 0 Å². The van der Waals surface area contributed by atoms with Crippen molar-refractivity contribution in [2.24, 2.45) is 4.99 Å². The molecule has 5 nitrogen and oxygen atoms in total. The van der Waals surface area contributed by atoms with Crippen molar-refractivity contribution in [3.05, 3.63) is 0 Å². The first kappa shape index (κ1) is 8.00. The molecule has 2 N–H and O–H groups in total. The molecular formula is C6H10N2O3. The van der Waals surface area contributed by atoms with Gasteiger partial charge in [0.1, 0.15) is 6.34 Å². The van der Waals surface area contributed by atoms with Crippen LogP contribution in [0.5, 0.6) is 0 Å². The zero-order valence-electron chi connectivity index (χ0n) is 6.20. The average Bonchev–Trinajstić information content (AvgIpc) is 2.36. The maximum atomic E-state index is 10.3. The molecule has 1 aliphatic rings. The molecule has 0 fully saturated rings. The number of aliphatic imine (C=N–C) groups is 1. The smallest absolute Gasteiger partial charge is 0.308 e. The third-order valence-corrected chi connectivity index (χ3v) is 1.58. The highest BCUT2D eigenvalue weighted by molar-refractivity contribution is 5.69. The molecule has 1 atom stereocenters. The molecule has 11 heavy (non-hydrogen) atoms. The second kappa shape index (κ2) is 2.87. The van der Waals surface area contributed by atoms with Gasteiger partial charge in [0.25, 0.3) is 0 Å². The van der Waals surface area contributed by atoms with E-state index >= 15 is 0 Å². The number of nitrogens with zero attached hydrogens (tertiary/aromatic N) is 1. The minimum atomic E-state index is -0.910. The Morgan fingerprint density at radius 3 is 3.00 bits per heavy atom. The Morgan fingerprint density at radius 2 is 2.64 bits per heavy atom. The predicted molar refractivity (Wildman–Crippen MR) is 38.0 cm³/mol. The summed E-state index contributed by atoms with van der Waals surface area (Å²) in [5.41, 5.74) is 1.53. The number of aliphatic carboxylic acids is 1. The van der Waals surface area contributed by atoms with Crippen LogP contribution in [-0.4, -0.2) is 23.1 Å². The number of carbonyl (C=O) groups is 1. The number of hydroxylamine groups is 1. The van der Waals surface area contributed by atoms with Gasteiger partial charge in [0.15, 0.2) is 5.72 Å². The SMILES string of the molecule is CCC1(CC(=O)O)N=CNO1. The fourth-order valence-corrected chi connectivity index (χ4v) is 0.913. The number of carboxylic acid groups (broad SMARTS) is 1. The molecule has 0 aliphatic carbocycles. The number of carboxylic acids is 1. The number of rotatable bonds is 3. The fourth-order valence-electron chi connectivity index (χ4n) is 0.913. The molecule has 0 spiro atoms. The van der Waals surface area contributed by atoms with Crippen LogP contribution in [0.15, 0.2) is 4.99 Å². The summed E-state index contributed by atoms with van der Waals surface area (Å²) in [6.07, 6.45) is 1.81. The zero-order valence-corrected chi connectivity index (χ0v) is 6.20. The van der Waals surface area contributed by atoms with Crippen LogP contribution >= 0.6 is 0 Å². The number of hydrogen-bond acceptors (Lipinski definition) is 4. The first-order valence-corrected chi connectivity index (χ1v) is 3.37. The van der Waals surface area contributed by atoms with Crippen molar-refractivity contribution < 1.29 is 14.7 Å². The topological polar surface area (TPSA) is 70.9 Å². The van der Waals surface area contributed by atoms with Crippen LogP contribution < -0.4 is 5.48 Å². The Balaban J connectivity index is 2.60. The zero-order chi connectivity index (χ0) is 8.32. The van der Waals surface area contributed by atoms with Gasteiger partial charge in [-0.3, -0.25) is 10.3 Å². The summed E-state index contributed by atoms with van der Waals surface area (Å²) in [7, 11) is 0. The first-order valence-electron chi connectivity index (χ1n) is 3.37. The maximum absolute atomic E-state index is 10.3. The third-order valence-electron chi connectivity index (χ3n) is 1.58. The van der Waals surface area contributed by atoms with Gasteiger partial charge in [-0.1, -0.05) is 6.92 Å². The fraction of sp³-hybridized carbons (Fsp3) is 0.667. The van der Waals surface area contributed by atoms with Crippen molar-refractivity contribution in [3.8, 4) is 0 Å². The van der Waals surface area contributed by atoms with Gasteiger partial charge in [0, 0.05) is 0 Å². The maximum Gasteiger partial charge on any atom is 0.308 e. The van der Waals surface area contributed by atoms with E-state index in [1.807, 2.05) is 6.92 Å². The Labute approximate surface area is 64.0 Å². The van der Waals surface area contributed by atoms with E-state index in [-0.39, 0.29) is 6.42 Å². The lowest BCUT2D eigenvalue weighted by Crippen LogP contribution is -2.31. The Hall–Kier alpha value is -1.10. The Kier molecular flexibility index (Phi) is 2.09. The van der Waals surface area contributed by atoms with Gasteiger partial charge in [-0.25, -0.2) is 9.83 Å². The van der Waals surface area contributed by atoms with Gasteiger partial charge in [0.05, 0.1) is 6.42 Å². The van der Waals surface area contributed by atoms with Crippen LogP contribution in [0.1, 0.15) is 19.8 Å². The third kappa shape index (κ3) is 1.68. The molecule has 5 heteroatoms. The molecule has 0 aromatic heterocycles. The summed E-state index contributed by atoms with van der Waals surface area (Å²) < 4.78 is 0. The van der Waals surface area contributed by atoms with E-state index in [4.69, 9.17) is 9.94 Å². The lowest BCUT2D eigenvalue weighted by Gasteiger charge is -2.19. The predicted octanol–water partition coefficient (Wildman–Crippen LogP) is 0.131. The molecule has 0 bridgehead atoms. The summed E-state index contributed by atoms with van der Waals surface area (Å²) in [4.78, 5) is 19.2. The molecule has 0 aromatic rings. The molecule has 0 saturated carbocycles. The normalized spacial score (nSPS) is 28.5. The van der Waals surface area contributed by atoms with Gasteiger partial charge >= 0.3 is 5.97 Å². The van der Waals surface area contributed by atoms with Crippen molar-refractivity contribution in [2.45, 2.75) is 25.5 Å². The van der Waals surface area contributed by atoms with Crippen LogP contribution in [0, 0.1) is 0 Å². The Bertz CT molecular complexity index is 192. The molecule has 0 saturated heterocycles. The average molecular weight is 158 g/mol. The molecule has 0 amide bonds. The van der Waals surface area contributed by atoms with Gasteiger partial charge in [0.2, 0.25) is 0 Å². The second-order valence-electron chi connectivity index (χ2n) is 2.35. The molecule has 1 rings (SSSR count). The highest BCUT2D eigenvalue weighted by atomic mass is 16.7. The van der Waals surface area contributed by atoms with Crippen molar-refractivity contribution in [1.82, 2.24) is 5.48 Å². The van der Waals surface area contributed by atoms with Gasteiger partial charge in [-0.2, -0.15) is 0 Å². The first-order chi connectivity index (χ1) is 5.18. The lowest BCUT2D eigenvalue weighted by molar-refractivity contribution is -0.146. The van der Waals surface area contributed by atoms with Crippen LogP contribution in [0.3, 0.4) is 0 Å². The monoisotopic (exact) mass is 158 g/mol. The van der Waals surface area contributed by atoms with Crippen molar-refractivity contribution in [3.63, 3.8) is 0 Å². The van der Waals surface area contributed by atoms with Crippen LogP contribution in [0.4, 0.5) is 0 Å². The van der Waals surface area contributed by atoms with E-state index in [0.29, 0.717) is 6.42 Å². The minimum Gasteiger partial charge on any atom is -0.481 e. The highest BCUT2D eigenvalue weighted by Crippen LogP contribution is 2.23. The van der Waals surface area contributed by atoms with Crippen molar-refractivity contribution in [1.29, 1.82) is 0 Å². The molecule has 0 radical (unpaired) electrons. The number of hydrogen-bond donors (Lipinski definition) is 2. The standard InChI is InChI=1S/C6H10N2O3/c1-2-6(3-5(9)10)7-4-8-11-6/h4H,2-3H2,1H3,(H,7,8)(H,9,10). The minimum absolute atomic E-state index is 0.104. The Morgan fingerprint density at radius 1 is 1.91 bits per heavy atom. The molecule has 0 aromatic carbocycles. The lowest BCUT2D eigenvalue weighted by atomic mass is 10.1. The molecule has 1 aliphatic heterocycles. The van der Waals surface area contributed by atoms with Gasteiger partial charge in [-0.05, 0) is 6.42 Å². The van der Waals surface area contributed by atoms with E-state index in [9.17, 15) is 4.79 Å². The number of nitrogens with one attached hydrogen (secondary N) is 1. The van der Waals surface area contributed by atoms with E-state index in [1.54, 1.807) is 0 Å². The summed E-state index contributed by atoms with van der Waals surface area (Å²) in [6.45, 7) is 1.83. The quantitative estimate of drug-likeness (QED) is 0.612. The summed E-state index contributed by atoms with van der Waals surface area (Å²) in [6, 6.07) is 0. The van der Waals surface area contributed by atoms with Crippen molar-refractivity contribution >= 4 is 12.3 Å². The summed E-state index contributed by atoms with van der Waals surface area (Å²) >= 11 is 0. The largest absolute Gasteiger partial charge is 0.481 e. The molecular weight excluding hydrogens is 148 g/mol. The van der Waals surface area contributed by atoms with E-state index < -0.39 is 11.7 Å². The van der Waals surface area contributed by atoms with E-state index in [0.717, 1.165) is 0 Å². The summed E-state index contributed by atoms with van der Waals surface area (Å²) in [5, 5.41) is 8.49. The summed E-state index contributed by atoms with van der Waals surface area (Å²) in [5.74, 6) is -0.910.